The number of ether oxygens (including phenoxy) is 1. The number of aromatic nitrogens is 2. The van der Waals surface area contributed by atoms with E-state index in [0.717, 1.165) is 25.2 Å². The summed E-state index contributed by atoms with van der Waals surface area (Å²) in [7, 11) is 1.72. The van der Waals surface area contributed by atoms with E-state index in [0.29, 0.717) is 12.5 Å². The summed E-state index contributed by atoms with van der Waals surface area (Å²) in [6.45, 7) is 6.25. The van der Waals surface area contributed by atoms with Gasteiger partial charge in [0.1, 0.15) is 0 Å². The maximum absolute atomic E-state index is 12.1. The van der Waals surface area contributed by atoms with Crippen LogP contribution in [0.25, 0.3) is 0 Å². The van der Waals surface area contributed by atoms with E-state index in [-0.39, 0.29) is 17.7 Å². The van der Waals surface area contributed by atoms with Gasteiger partial charge in [-0.1, -0.05) is 13.8 Å². The molecule has 6 heteroatoms. The summed E-state index contributed by atoms with van der Waals surface area (Å²) in [5.74, 6) is 0.324. The predicted octanol–water partition coefficient (Wildman–Crippen LogP) is 0.452. The predicted molar refractivity (Wildman–Crippen MR) is 78.9 cm³/mol. The molecule has 1 fully saturated rings. The summed E-state index contributed by atoms with van der Waals surface area (Å²) in [5.41, 5.74) is 6.75. The van der Waals surface area contributed by atoms with Gasteiger partial charge in [0.25, 0.3) is 5.56 Å². The average Bonchev–Trinajstić information content (AvgIpc) is 2.89. The minimum absolute atomic E-state index is 0.0595. The smallest absolute Gasteiger partial charge is 0.268 e. The van der Waals surface area contributed by atoms with Crippen molar-refractivity contribution in [3.8, 4) is 0 Å². The number of nitrogens with two attached hydrogens (primary N) is 1. The Kier molecular flexibility index (Phi) is 4.77. The molecule has 20 heavy (non-hydrogen) atoms. The number of rotatable bonds is 5. The van der Waals surface area contributed by atoms with Crippen molar-refractivity contribution in [2.24, 2.45) is 11.7 Å². The van der Waals surface area contributed by atoms with Crippen LogP contribution in [0.1, 0.15) is 20.3 Å². The lowest BCUT2D eigenvalue weighted by atomic mass is 10.1. The van der Waals surface area contributed by atoms with Gasteiger partial charge >= 0.3 is 0 Å². The van der Waals surface area contributed by atoms with Gasteiger partial charge in [-0.3, -0.25) is 4.79 Å². The molecule has 0 aliphatic carbocycles. The van der Waals surface area contributed by atoms with E-state index < -0.39 is 0 Å². The Morgan fingerprint density at radius 3 is 2.85 bits per heavy atom. The molecule has 0 amide bonds. The van der Waals surface area contributed by atoms with Crippen LogP contribution in [0.5, 0.6) is 0 Å². The van der Waals surface area contributed by atoms with Crippen molar-refractivity contribution in [1.29, 1.82) is 0 Å². The van der Waals surface area contributed by atoms with Gasteiger partial charge in [0.2, 0.25) is 0 Å². The SMILES string of the molecule is COC1CCN(c2cnn(CC(N)C(C)C)c(=O)c2)C1. The molecular weight excluding hydrogens is 256 g/mol. The largest absolute Gasteiger partial charge is 0.380 e. The molecule has 0 aromatic carbocycles. The van der Waals surface area contributed by atoms with E-state index in [4.69, 9.17) is 10.5 Å². The van der Waals surface area contributed by atoms with Crippen molar-refractivity contribution in [1.82, 2.24) is 9.78 Å². The molecule has 0 bridgehead atoms. The topological polar surface area (TPSA) is 73.4 Å². The number of anilines is 1. The Balaban J connectivity index is 2.08. The molecule has 1 aliphatic rings. The molecule has 112 valence electrons. The Labute approximate surface area is 119 Å². The molecule has 2 heterocycles. The average molecular weight is 280 g/mol. The monoisotopic (exact) mass is 280 g/mol. The summed E-state index contributed by atoms with van der Waals surface area (Å²) >= 11 is 0. The van der Waals surface area contributed by atoms with Crippen LogP contribution in [0.3, 0.4) is 0 Å². The summed E-state index contributed by atoms with van der Waals surface area (Å²) < 4.78 is 6.78. The van der Waals surface area contributed by atoms with Crippen LogP contribution in [0.15, 0.2) is 17.1 Å². The molecule has 1 aromatic rings. The van der Waals surface area contributed by atoms with Gasteiger partial charge in [0.05, 0.1) is 24.5 Å². The summed E-state index contributed by atoms with van der Waals surface area (Å²) in [6.07, 6.45) is 2.97. The zero-order chi connectivity index (χ0) is 14.7. The van der Waals surface area contributed by atoms with Crippen molar-refractivity contribution in [3.63, 3.8) is 0 Å². The van der Waals surface area contributed by atoms with Crippen molar-refractivity contribution < 1.29 is 4.74 Å². The second kappa shape index (κ2) is 6.37. The van der Waals surface area contributed by atoms with Crippen molar-refractivity contribution in [2.75, 3.05) is 25.1 Å². The van der Waals surface area contributed by atoms with Crippen LogP contribution in [0, 0.1) is 5.92 Å². The number of hydrogen-bond acceptors (Lipinski definition) is 5. The van der Waals surface area contributed by atoms with E-state index in [2.05, 4.69) is 10.00 Å². The quantitative estimate of drug-likeness (QED) is 0.848. The third-order valence-corrected chi connectivity index (χ3v) is 3.94. The third kappa shape index (κ3) is 3.37. The van der Waals surface area contributed by atoms with Gasteiger partial charge in [-0.15, -0.1) is 0 Å². The van der Waals surface area contributed by atoms with Crippen LogP contribution in [-0.2, 0) is 11.3 Å². The fourth-order valence-electron chi connectivity index (χ4n) is 2.30. The molecule has 2 atom stereocenters. The molecule has 0 radical (unpaired) electrons. The fraction of sp³-hybridized carbons (Fsp3) is 0.714. The molecule has 6 nitrogen and oxygen atoms in total. The fourth-order valence-corrected chi connectivity index (χ4v) is 2.30. The molecule has 1 aliphatic heterocycles. The number of methoxy groups -OCH3 is 1. The molecule has 1 aromatic heterocycles. The van der Waals surface area contributed by atoms with Crippen LogP contribution >= 0.6 is 0 Å². The normalized spacial score (nSPS) is 20.6. The van der Waals surface area contributed by atoms with Crippen molar-refractivity contribution in [3.05, 3.63) is 22.6 Å². The highest BCUT2D eigenvalue weighted by molar-refractivity contribution is 5.44. The lowest BCUT2D eigenvalue weighted by molar-refractivity contribution is 0.121. The van der Waals surface area contributed by atoms with Gasteiger partial charge in [0.15, 0.2) is 0 Å². The highest BCUT2D eigenvalue weighted by Crippen LogP contribution is 2.19. The zero-order valence-corrected chi connectivity index (χ0v) is 12.5. The Bertz CT molecular complexity index is 500. The second-order valence-electron chi connectivity index (χ2n) is 5.73. The van der Waals surface area contributed by atoms with E-state index in [9.17, 15) is 4.79 Å². The Morgan fingerprint density at radius 2 is 2.30 bits per heavy atom. The molecule has 0 spiro atoms. The van der Waals surface area contributed by atoms with Gasteiger partial charge in [-0.05, 0) is 12.3 Å². The molecule has 2 unspecified atom stereocenters. The maximum atomic E-state index is 12.1. The van der Waals surface area contributed by atoms with E-state index in [1.807, 2.05) is 13.8 Å². The van der Waals surface area contributed by atoms with E-state index in [1.54, 1.807) is 19.4 Å². The van der Waals surface area contributed by atoms with Gasteiger partial charge in [-0.2, -0.15) is 5.10 Å². The van der Waals surface area contributed by atoms with Crippen LogP contribution < -0.4 is 16.2 Å². The summed E-state index contributed by atoms with van der Waals surface area (Å²) in [6, 6.07) is 1.58. The van der Waals surface area contributed by atoms with Gasteiger partial charge in [-0.25, -0.2) is 4.68 Å². The van der Waals surface area contributed by atoms with E-state index in [1.165, 1.54) is 4.68 Å². The van der Waals surface area contributed by atoms with Crippen LogP contribution in [0.2, 0.25) is 0 Å². The first-order valence-electron chi connectivity index (χ1n) is 7.11. The number of nitrogens with zero attached hydrogens (tertiary/aromatic N) is 3. The molecular formula is C14H24N4O2. The Morgan fingerprint density at radius 1 is 1.55 bits per heavy atom. The lowest BCUT2D eigenvalue weighted by Gasteiger charge is -2.19. The van der Waals surface area contributed by atoms with Gasteiger partial charge < -0.3 is 15.4 Å². The minimum Gasteiger partial charge on any atom is -0.380 e. The summed E-state index contributed by atoms with van der Waals surface area (Å²) in [4.78, 5) is 14.2. The minimum atomic E-state index is -0.0977. The molecule has 2 N–H and O–H groups in total. The first-order valence-corrected chi connectivity index (χ1v) is 7.11. The number of hydrogen-bond donors (Lipinski definition) is 1. The molecule has 1 saturated heterocycles. The van der Waals surface area contributed by atoms with Crippen molar-refractivity contribution in [2.45, 2.75) is 39.0 Å². The maximum Gasteiger partial charge on any atom is 0.268 e. The Hall–Kier alpha value is -1.40. The highest BCUT2D eigenvalue weighted by Gasteiger charge is 2.23. The van der Waals surface area contributed by atoms with Crippen LogP contribution in [-0.4, -0.2) is 42.1 Å². The highest BCUT2D eigenvalue weighted by atomic mass is 16.5. The first-order chi connectivity index (χ1) is 9.51. The van der Waals surface area contributed by atoms with Gasteiger partial charge in [0, 0.05) is 32.3 Å². The zero-order valence-electron chi connectivity index (χ0n) is 12.5. The summed E-state index contributed by atoms with van der Waals surface area (Å²) in [5, 5.41) is 4.24. The first kappa shape index (κ1) is 15.0. The van der Waals surface area contributed by atoms with Crippen molar-refractivity contribution >= 4 is 5.69 Å². The molecule has 0 saturated carbocycles. The second-order valence-corrected chi connectivity index (χ2v) is 5.73. The molecule has 2 rings (SSSR count). The van der Waals surface area contributed by atoms with E-state index >= 15 is 0 Å². The standard InChI is InChI=1S/C14H24N4O2/c1-10(2)13(15)9-18-14(19)6-11(7-16-18)17-5-4-12(8-17)20-3/h6-7,10,12-13H,4-5,8-9,15H2,1-3H3. The lowest BCUT2D eigenvalue weighted by Crippen LogP contribution is -2.37. The third-order valence-electron chi connectivity index (χ3n) is 3.94. The van der Waals surface area contributed by atoms with Crippen LogP contribution in [0.4, 0.5) is 5.69 Å².